The molecule has 0 aromatic heterocycles. The second-order valence-corrected chi connectivity index (χ2v) is 4.64. The first kappa shape index (κ1) is 14.9. The van der Waals surface area contributed by atoms with Crippen LogP contribution in [-0.2, 0) is 4.74 Å². The Balaban J connectivity index is 2.13. The lowest BCUT2D eigenvalue weighted by Crippen LogP contribution is -2.28. The first-order valence-corrected chi connectivity index (χ1v) is 6.73. The van der Waals surface area contributed by atoms with Crippen LogP contribution in [0.15, 0.2) is 54.6 Å². The van der Waals surface area contributed by atoms with Crippen LogP contribution in [0.4, 0.5) is 10.5 Å². The van der Waals surface area contributed by atoms with E-state index in [0.29, 0.717) is 12.2 Å². The number of benzene rings is 2. The van der Waals surface area contributed by atoms with Crippen LogP contribution in [0.3, 0.4) is 0 Å². The fourth-order valence-electron chi connectivity index (χ4n) is 2.17. The summed E-state index contributed by atoms with van der Waals surface area (Å²) in [4.78, 5) is 10.6. The highest BCUT2D eigenvalue weighted by atomic mass is 16.5. The fourth-order valence-corrected chi connectivity index (χ4v) is 2.17. The van der Waals surface area contributed by atoms with Crippen molar-refractivity contribution in [3.63, 3.8) is 0 Å². The summed E-state index contributed by atoms with van der Waals surface area (Å²) in [5, 5.41) is 3.35. The molecule has 0 radical (unpaired) electrons. The normalized spacial score (nSPS) is 11.8. The number of nitrogen functional groups attached to an aromatic ring is 1. The van der Waals surface area contributed by atoms with Crippen molar-refractivity contribution in [3.05, 3.63) is 65.7 Å². The first-order valence-electron chi connectivity index (χ1n) is 6.73. The Labute approximate surface area is 123 Å². The number of hydrogen-bond acceptors (Lipinski definition) is 4. The van der Waals surface area contributed by atoms with Crippen LogP contribution in [-0.4, -0.2) is 19.2 Å². The van der Waals surface area contributed by atoms with E-state index in [2.05, 4.69) is 5.32 Å². The van der Waals surface area contributed by atoms with Gasteiger partial charge in [-0.15, -0.1) is 0 Å². The zero-order valence-electron chi connectivity index (χ0n) is 11.7. The van der Waals surface area contributed by atoms with Gasteiger partial charge in [0.05, 0.1) is 6.04 Å². The SMILES string of the molecule is NC(=O)OCCNC(c1ccccc1)c1cccc(N)c1. The molecule has 0 saturated carbocycles. The molecule has 0 spiro atoms. The average molecular weight is 285 g/mol. The van der Waals surface area contributed by atoms with Crippen LogP contribution in [0.25, 0.3) is 0 Å². The van der Waals surface area contributed by atoms with E-state index in [1.165, 1.54) is 0 Å². The van der Waals surface area contributed by atoms with Crippen LogP contribution in [0, 0.1) is 0 Å². The van der Waals surface area contributed by atoms with Crippen molar-refractivity contribution in [1.29, 1.82) is 0 Å². The average Bonchev–Trinajstić information content (AvgIpc) is 2.48. The van der Waals surface area contributed by atoms with Crippen LogP contribution >= 0.6 is 0 Å². The van der Waals surface area contributed by atoms with Gasteiger partial charge in [0, 0.05) is 12.2 Å². The summed E-state index contributed by atoms with van der Waals surface area (Å²) in [5.41, 5.74) is 13.7. The lowest BCUT2D eigenvalue weighted by atomic mass is 9.98. The summed E-state index contributed by atoms with van der Waals surface area (Å²) in [7, 11) is 0. The highest BCUT2D eigenvalue weighted by Gasteiger charge is 2.13. The number of carbonyl (C=O) groups is 1. The van der Waals surface area contributed by atoms with Gasteiger partial charge in [0.2, 0.25) is 0 Å². The molecular formula is C16H19N3O2. The predicted octanol–water partition coefficient (Wildman–Crippen LogP) is 2.04. The van der Waals surface area contributed by atoms with Gasteiger partial charge in [-0.3, -0.25) is 0 Å². The lowest BCUT2D eigenvalue weighted by molar-refractivity contribution is 0.156. The van der Waals surface area contributed by atoms with Gasteiger partial charge in [0.15, 0.2) is 0 Å². The molecule has 0 heterocycles. The third kappa shape index (κ3) is 4.50. The zero-order chi connectivity index (χ0) is 15.1. The van der Waals surface area contributed by atoms with Gasteiger partial charge in [-0.25, -0.2) is 4.79 Å². The largest absolute Gasteiger partial charge is 0.448 e. The minimum absolute atomic E-state index is 0.0221. The molecule has 1 unspecified atom stereocenters. The standard InChI is InChI=1S/C16H19N3O2/c17-14-8-4-7-13(11-14)15(12-5-2-1-3-6-12)19-9-10-21-16(18)20/h1-8,11,15,19H,9-10,17H2,(H2,18,20). The number of rotatable bonds is 6. The summed E-state index contributed by atoms with van der Waals surface area (Å²) in [6.45, 7) is 0.721. The monoisotopic (exact) mass is 285 g/mol. The van der Waals surface area contributed by atoms with Crippen LogP contribution < -0.4 is 16.8 Å². The predicted molar refractivity (Wildman–Crippen MR) is 82.7 cm³/mol. The number of ether oxygens (including phenoxy) is 1. The molecule has 0 fully saturated rings. The number of nitrogens with two attached hydrogens (primary N) is 2. The van der Waals surface area contributed by atoms with E-state index >= 15 is 0 Å². The molecule has 0 aliphatic rings. The molecule has 21 heavy (non-hydrogen) atoms. The molecule has 1 atom stereocenters. The number of primary amides is 1. The molecule has 0 aliphatic heterocycles. The van der Waals surface area contributed by atoms with Gasteiger partial charge in [0.1, 0.15) is 6.61 Å². The lowest BCUT2D eigenvalue weighted by Gasteiger charge is -2.20. The van der Waals surface area contributed by atoms with Crippen LogP contribution in [0.2, 0.25) is 0 Å². The van der Waals surface area contributed by atoms with Crippen LogP contribution in [0.5, 0.6) is 0 Å². The van der Waals surface area contributed by atoms with E-state index in [0.717, 1.165) is 11.1 Å². The molecule has 5 N–H and O–H groups in total. The fraction of sp³-hybridized carbons (Fsp3) is 0.188. The quantitative estimate of drug-likeness (QED) is 0.559. The second kappa shape index (κ2) is 7.31. The van der Waals surface area contributed by atoms with E-state index in [-0.39, 0.29) is 12.6 Å². The molecule has 0 saturated heterocycles. The summed E-state index contributed by atoms with van der Waals surface area (Å²) < 4.78 is 4.74. The number of nitrogens with one attached hydrogen (secondary N) is 1. The molecule has 2 aromatic carbocycles. The molecule has 2 aromatic rings. The molecule has 2 rings (SSSR count). The summed E-state index contributed by atoms with van der Waals surface area (Å²) in [6, 6.07) is 17.7. The third-order valence-electron chi connectivity index (χ3n) is 3.07. The number of anilines is 1. The maximum Gasteiger partial charge on any atom is 0.404 e. The van der Waals surface area contributed by atoms with E-state index < -0.39 is 6.09 Å². The summed E-state index contributed by atoms with van der Waals surface area (Å²) >= 11 is 0. The summed E-state index contributed by atoms with van der Waals surface area (Å²) in [6.07, 6.45) is -0.767. The first-order chi connectivity index (χ1) is 10.2. The van der Waals surface area contributed by atoms with Crippen molar-refractivity contribution >= 4 is 11.8 Å². The minimum atomic E-state index is -0.767. The molecule has 110 valence electrons. The topological polar surface area (TPSA) is 90.4 Å². The maximum atomic E-state index is 10.6. The number of hydrogen-bond donors (Lipinski definition) is 3. The number of carbonyl (C=O) groups excluding carboxylic acids is 1. The highest BCUT2D eigenvalue weighted by Crippen LogP contribution is 2.23. The van der Waals surface area contributed by atoms with Gasteiger partial charge in [-0.05, 0) is 23.3 Å². The molecule has 5 nitrogen and oxygen atoms in total. The van der Waals surface area contributed by atoms with E-state index in [9.17, 15) is 4.79 Å². The van der Waals surface area contributed by atoms with Crippen molar-refractivity contribution in [3.8, 4) is 0 Å². The Kier molecular flexibility index (Phi) is 5.17. The van der Waals surface area contributed by atoms with Gasteiger partial charge >= 0.3 is 6.09 Å². The molecule has 0 aliphatic carbocycles. The van der Waals surface area contributed by atoms with Gasteiger partial charge in [-0.1, -0.05) is 42.5 Å². The molecular weight excluding hydrogens is 266 g/mol. The highest BCUT2D eigenvalue weighted by molar-refractivity contribution is 5.64. The van der Waals surface area contributed by atoms with Crippen molar-refractivity contribution in [2.24, 2.45) is 5.73 Å². The number of amides is 1. The van der Waals surface area contributed by atoms with Crippen molar-refractivity contribution in [1.82, 2.24) is 5.32 Å². The molecule has 0 bridgehead atoms. The Morgan fingerprint density at radius 3 is 2.48 bits per heavy atom. The second-order valence-electron chi connectivity index (χ2n) is 4.64. The van der Waals surface area contributed by atoms with Crippen LogP contribution in [0.1, 0.15) is 17.2 Å². The maximum absolute atomic E-state index is 10.6. The van der Waals surface area contributed by atoms with Gasteiger partial charge < -0.3 is 21.5 Å². The minimum Gasteiger partial charge on any atom is -0.448 e. The molecule has 1 amide bonds. The summed E-state index contributed by atoms with van der Waals surface area (Å²) in [5.74, 6) is 0. The van der Waals surface area contributed by atoms with Crippen molar-refractivity contribution < 1.29 is 9.53 Å². The Morgan fingerprint density at radius 2 is 1.81 bits per heavy atom. The van der Waals surface area contributed by atoms with Crippen molar-refractivity contribution in [2.75, 3.05) is 18.9 Å². The van der Waals surface area contributed by atoms with E-state index in [4.69, 9.17) is 16.2 Å². The third-order valence-corrected chi connectivity index (χ3v) is 3.07. The molecule has 5 heteroatoms. The zero-order valence-corrected chi connectivity index (χ0v) is 11.7. The smallest absolute Gasteiger partial charge is 0.404 e. The van der Waals surface area contributed by atoms with E-state index in [1.54, 1.807) is 0 Å². The van der Waals surface area contributed by atoms with Gasteiger partial charge in [0.25, 0.3) is 0 Å². The van der Waals surface area contributed by atoms with Gasteiger partial charge in [-0.2, -0.15) is 0 Å². The van der Waals surface area contributed by atoms with Crippen molar-refractivity contribution in [2.45, 2.75) is 6.04 Å². The Morgan fingerprint density at radius 1 is 1.10 bits per heavy atom. The van der Waals surface area contributed by atoms with E-state index in [1.807, 2.05) is 54.6 Å². The Bertz CT molecular complexity index is 587. The Hall–Kier alpha value is -2.53.